The average molecular weight is 320 g/mol. The molecule has 20 heavy (non-hydrogen) atoms. The average Bonchev–Trinajstić information content (AvgIpc) is 2.38. The van der Waals surface area contributed by atoms with Crippen molar-refractivity contribution in [2.45, 2.75) is 24.0 Å². The minimum atomic E-state index is -4.02. The Bertz CT molecular complexity index is 669. The quantitative estimate of drug-likeness (QED) is 0.870. The van der Waals surface area contributed by atoms with Gasteiger partial charge in [0.25, 0.3) is 0 Å². The van der Waals surface area contributed by atoms with Gasteiger partial charge in [-0.1, -0.05) is 11.6 Å². The molecule has 1 amide bonds. The van der Waals surface area contributed by atoms with Crippen molar-refractivity contribution in [1.82, 2.24) is 5.32 Å². The third-order valence-electron chi connectivity index (χ3n) is 2.94. The molecule has 0 aliphatic heterocycles. The lowest BCUT2D eigenvalue weighted by Crippen LogP contribution is -2.36. The molecule has 0 saturated heterocycles. The van der Waals surface area contributed by atoms with Crippen molar-refractivity contribution in [2.24, 2.45) is 0 Å². The fourth-order valence-corrected chi connectivity index (χ4v) is 3.60. The van der Waals surface area contributed by atoms with Gasteiger partial charge in [-0.2, -0.15) is 0 Å². The number of hydrogen-bond donors (Lipinski definition) is 2. The van der Waals surface area contributed by atoms with E-state index in [0.717, 1.165) is 6.07 Å². The predicted octanol–water partition coefficient (Wildman–Crippen LogP) is 1.25. The van der Waals surface area contributed by atoms with Crippen LogP contribution >= 0.6 is 11.6 Å². The molecule has 0 aromatic heterocycles. The van der Waals surface area contributed by atoms with Crippen LogP contribution in [0, 0.1) is 6.92 Å². The first kappa shape index (κ1) is 16.5. The maximum Gasteiger partial charge on any atom is 0.336 e. The number of amides is 1. The smallest absolute Gasteiger partial charge is 0.336 e. The lowest BCUT2D eigenvalue weighted by molar-refractivity contribution is -0.119. The monoisotopic (exact) mass is 319 g/mol. The van der Waals surface area contributed by atoms with Crippen molar-refractivity contribution in [2.75, 3.05) is 7.05 Å². The maximum atomic E-state index is 12.4. The number of sulfone groups is 1. The standard InChI is InChI=1S/C12H14ClNO5S/c1-6-9(12(16)17)4-8(13)5-10(6)20(18,19)7(2)11(15)14-3/h4-5,7H,1-3H3,(H,14,15)(H,16,17). The van der Waals surface area contributed by atoms with Gasteiger partial charge >= 0.3 is 5.97 Å². The lowest BCUT2D eigenvalue weighted by atomic mass is 10.1. The van der Waals surface area contributed by atoms with Gasteiger partial charge in [0.15, 0.2) is 9.84 Å². The van der Waals surface area contributed by atoms with Crippen LogP contribution in [0.3, 0.4) is 0 Å². The van der Waals surface area contributed by atoms with Crippen molar-refractivity contribution >= 4 is 33.3 Å². The summed E-state index contributed by atoms with van der Waals surface area (Å²) in [6.45, 7) is 2.60. The first-order valence-electron chi connectivity index (χ1n) is 5.61. The molecule has 0 spiro atoms. The third-order valence-corrected chi connectivity index (χ3v) is 5.34. The highest BCUT2D eigenvalue weighted by atomic mass is 35.5. The molecule has 110 valence electrons. The number of nitrogens with one attached hydrogen (secondary N) is 1. The zero-order chi connectivity index (χ0) is 15.7. The highest BCUT2D eigenvalue weighted by Crippen LogP contribution is 2.27. The molecule has 1 aromatic carbocycles. The zero-order valence-corrected chi connectivity index (χ0v) is 12.7. The Morgan fingerprint density at radius 2 is 1.90 bits per heavy atom. The molecule has 1 unspecified atom stereocenters. The molecule has 2 N–H and O–H groups in total. The summed E-state index contributed by atoms with van der Waals surface area (Å²) in [7, 11) is -2.70. The second kappa shape index (κ2) is 5.80. The Hall–Kier alpha value is -1.60. The molecular weight excluding hydrogens is 306 g/mol. The number of aromatic carboxylic acids is 1. The number of carboxylic acid groups (broad SMARTS) is 1. The second-order valence-electron chi connectivity index (χ2n) is 4.18. The van der Waals surface area contributed by atoms with Crippen LogP contribution in [0.4, 0.5) is 0 Å². The fraction of sp³-hybridized carbons (Fsp3) is 0.333. The van der Waals surface area contributed by atoms with E-state index in [4.69, 9.17) is 16.7 Å². The van der Waals surface area contributed by atoms with Crippen molar-refractivity contribution in [3.8, 4) is 0 Å². The van der Waals surface area contributed by atoms with Crippen LogP contribution in [0.2, 0.25) is 5.02 Å². The molecule has 0 saturated carbocycles. The normalized spacial score (nSPS) is 12.8. The first-order chi connectivity index (χ1) is 9.12. The summed E-state index contributed by atoms with van der Waals surface area (Å²) in [6.07, 6.45) is 0. The fourth-order valence-electron chi connectivity index (χ4n) is 1.71. The number of carboxylic acids is 1. The number of hydrogen-bond acceptors (Lipinski definition) is 4. The van der Waals surface area contributed by atoms with E-state index in [0.29, 0.717) is 0 Å². The number of carbonyl (C=O) groups is 2. The molecule has 8 heteroatoms. The molecule has 0 fully saturated rings. The van der Waals surface area contributed by atoms with Gasteiger partial charge in [-0.05, 0) is 31.5 Å². The predicted molar refractivity (Wildman–Crippen MR) is 73.9 cm³/mol. The maximum absolute atomic E-state index is 12.4. The second-order valence-corrected chi connectivity index (χ2v) is 6.86. The number of benzene rings is 1. The molecule has 0 aliphatic rings. The van der Waals surface area contributed by atoms with Crippen molar-refractivity contribution < 1.29 is 23.1 Å². The number of halogens is 1. The van der Waals surface area contributed by atoms with E-state index in [1.807, 2.05) is 0 Å². The SMILES string of the molecule is CNC(=O)C(C)S(=O)(=O)c1cc(Cl)cc(C(=O)O)c1C. The van der Waals surface area contributed by atoms with E-state index in [-0.39, 0.29) is 21.0 Å². The van der Waals surface area contributed by atoms with E-state index in [1.165, 1.54) is 27.0 Å². The first-order valence-corrected chi connectivity index (χ1v) is 7.54. The van der Waals surface area contributed by atoms with E-state index < -0.39 is 27.0 Å². The summed E-state index contributed by atoms with van der Waals surface area (Å²) >= 11 is 5.76. The molecule has 6 nitrogen and oxygen atoms in total. The molecule has 0 heterocycles. The largest absolute Gasteiger partial charge is 0.478 e. The van der Waals surface area contributed by atoms with Gasteiger partial charge in [0, 0.05) is 12.1 Å². The van der Waals surface area contributed by atoms with Crippen LogP contribution in [-0.2, 0) is 14.6 Å². The van der Waals surface area contributed by atoms with Crippen LogP contribution in [0.1, 0.15) is 22.8 Å². The summed E-state index contributed by atoms with van der Waals surface area (Å²) in [6, 6.07) is 2.32. The highest BCUT2D eigenvalue weighted by Gasteiger charge is 2.32. The molecule has 0 radical (unpaired) electrons. The van der Waals surface area contributed by atoms with E-state index in [2.05, 4.69) is 5.32 Å². The summed E-state index contributed by atoms with van der Waals surface area (Å²) in [4.78, 5) is 22.3. The minimum absolute atomic E-state index is 0.0179. The Morgan fingerprint density at radius 1 is 1.35 bits per heavy atom. The van der Waals surface area contributed by atoms with Crippen molar-refractivity contribution in [3.05, 3.63) is 28.3 Å². The van der Waals surface area contributed by atoms with Crippen molar-refractivity contribution in [1.29, 1.82) is 0 Å². The molecular formula is C12H14ClNO5S. The topological polar surface area (TPSA) is 101 Å². The van der Waals surface area contributed by atoms with Crippen LogP contribution in [0.15, 0.2) is 17.0 Å². The van der Waals surface area contributed by atoms with Gasteiger partial charge < -0.3 is 10.4 Å². The Balaban J connectivity index is 3.54. The van der Waals surface area contributed by atoms with Gasteiger partial charge in [-0.25, -0.2) is 13.2 Å². The van der Waals surface area contributed by atoms with Crippen LogP contribution in [-0.4, -0.2) is 37.7 Å². The molecule has 1 rings (SSSR count). The molecule has 1 atom stereocenters. The minimum Gasteiger partial charge on any atom is -0.478 e. The van der Waals surface area contributed by atoms with Gasteiger partial charge in [0.2, 0.25) is 5.91 Å². The summed E-state index contributed by atoms with van der Waals surface area (Å²) in [5.41, 5.74) is -0.155. The Labute approximate surface area is 121 Å². The van der Waals surface area contributed by atoms with Gasteiger partial charge in [-0.3, -0.25) is 4.79 Å². The van der Waals surface area contributed by atoms with E-state index >= 15 is 0 Å². The van der Waals surface area contributed by atoms with Gasteiger partial charge in [0.05, 0.1) is 10.5 Å². The van der Waals surface area contributed by atoms with Crippen LogP contribution in [0.25, 0.3) is 0 Å². The van der Waals surface area contributed by atoms with Crippen molar-refractivity contribution in [3.63, 3.8) is 0 Å². The summed E-state index contributed by atoms with van der Waals surface area (Å²) in [5.74, 6) is -1.96. The van der Waals surface area contributed by atoms with Gasteiger partial charge in [-0.15, -0.1) is 0 Å². The van der Waals surface area contributed by atoms with E-state index in [1.54, 1.807) is 0 Å². The Kier molecular flexibility index (Phi) is 4.77. The van der Waals surface area contributed by atoms with Crippen LogP contribution in [0.5, 0.6) is 0 Å². The lowest BCUT2D eigenvalue weighted by Gasteiger charge is -2.15. The third kappa shape index (κ3) is 2.94. The molecule has 0 aliphatic carbocycles. The number of carbonyl (C=O) groups excluding carboxylic acids is 1. The molecule has 0 bridgehead atoms. The highest BCUT2D eigenvalue weighted by molar-refractivity contribution is 7.92. The zero-order valence-electron chi connectivity index (χ0n) is 11.1. The number of rotatable bonds is 4. The van der Waals surface area contributed by atoms with Gasteiger partial charge in [0.1, 0.15) is 5.25 Å². The molecule has 1 aromatic rings. The summed E-state index contributed by atoms with van der Waals surface area (Å²) in [5, 5.41) is 9.93. The van der Waals surface area contributed by atoms with E-state index in [9.17, 15) is 18.0 Å². The summed E-state index contributed by atoms with van der Waals surface area (Å²) < 4.78 is 24.7. The van der Waals surface area contributed by atoms with Crippen LogP contribution < -0.4 is 5.32 Å². The Morgan fingerprint density at radius 3 is 2.35 bits per heavy atom.